The summed E-state index contributed by atoms with van der Waals surface area (Å²) < 4.78 is 14.6. The molecule has 0 bridgehead atoms. The summed E-state index contributed by atoms with van der Waals surface area (Å²) in [7, 11) is 0. The number of aromatic nitrogens is 2. The SMILES string of the molecule is Cc1nn(-c2ccccc2F)cc1C(=O)O. The first-order chi connectivity index (χ1) is 7.59. The van der Waals surface area contributed by atoms with E-state index in [4.69, 9.17) is 5.11 Å². The van der Waals surface area contributed by atoms with Crippen molar-refractivity contribution < 1.29 is 14.3 Å². The Hall–Kier alpha value is -2.17. The lowest BCUT2D eigenvalue weighted by atomic mass is 10.3. The van der Waals surface area contributed by atoms with Crippen LogP contribution in [0.2, 0.25) is 0 Å². The van der Waals surface area contributed by atoms with Gasteiger partial charge in [0, 0.05) is 6.20 Å². The van der Waals surface area contributed by atoms with E-state index in [9.17, 15) is 9.18 Å². The number of aromatic carboxylic acids is 1. The molecule has 2 rings (SSSR count). The molecule has 0 radical (unpaired) electrons. The lowest BCUT2D eigenvalue weighted by molar-refractivity contribution is 0.0696. The first-order valence-electron chi connectivity index (χ1n) is 4.64. The number of halogens is 1. The summed E-state index contributed by atoms with van der Waals surface area (Å²) in [6.45, 7) is 1.57. The van der Waals surface area contributed by atoms with E-state index in [1.54, 1.807) is 19.1 Å². The van der Waals surface area contributed by atoms with E-state index >= 15 is 0 Å². The van der Waals surface area contributed by atoms with E-state index in [0.717, 1.165) is 0 Å². The van der Waals surface area contributed by atoms with E-state index in [1.807, 2.05) is 0 Å². The molecular formula is C11H9FN2O2. The Morgan fingerprint density at radius 3 is 2.69 bits per heavy atom. The van der Waals surface area contributed by atoms with Crippen LogP contribution in [0.3, 0.4) is 0 Å². The smallest absolute Gasteiger partial charge is 0.339 e. The Bertz CT molecular complexity index is 549. The summed E-state index contributed by atoms with van der Waals surface area (Å²) in [4.78, 5) is 10.8. The van der Waals surface area contributed by atoms with Gasteiger partial charge in [-0.2, -0.15) is 5.10 Å². The molecule has 0 unspecified atom stereocenters. The number of hydrogen-bond acceptors (Lipinski definition) is 2. The van der Waals surface area contributed by atoms with Crippen LogP contribution in [0.4, 0.5) is 4.39 Å². The number of rotatable bonds is 2. The first kappa shape index (κ1) is 10.4. The monoisotopic (exact) mass is 220 g/mol. The highest BCUT2D eigenvalue weighted by Gasteiger charge is 2.13. The topological polar surface area (TPSA) is 55.1 Å². The van der Waals surface area contributed by atoms with Crippen molar-refractivity contribution in [1.82, 2.24) is 9.78 Å². The zero-order valence-corrected chi connectivity index (χ0v) is 8.51. The van der Waals surface area contributed by atoms with Crippen molar-refractivity contribution in [2.24, 2.45) is 0 Å². The van der Waals surface area contributed by atoms with E-state index in [2.05, 4.69) is 5.10 Å². The highest BCUT2D eigenvalue weighted by Crippen LogP contribution is 2.14. The maximum Gasteiger partial charge on any atom is 0.339 e. The van der Waals surface area contributed by atoms with Crippen molar-refractivity contribution in [3.05, 3.63) is 47.5 Å². The average Bonchev–Trinajstić information content (AvgIpc) is 2.61. The lowest BCUT2D eigenvalue weighted by Crippen LogP contribution is -1.98. The summed E-state index contributed by atoms with van der Waals surface area (Å²) in [5.74, 6) is -1.51. The van der Waals surface area contributed by atoms with Crippen molar-refractivity contribution in [3.63, 3.8) is 0 Å². The molecule has 0 spiro atoms. The third-order valence-corrected chi connectivity index (χ3v) is 2.23. The highest BCUT2D eigenvalue weighted by atomic mass is 19.1. The quantitative estimate of drug-likeness (QED) is 0.842. The number of benzene rings is 1. The summed E-state index contributed by atoms with van der Waals surface area (Å²) in [6, 6.07) is 6.06. The molecule has 0 aliphatic rings. The van der Waals surface area contributed by atoms with Gasteiger partial charge in [0.1, 0.15) is 17.1 Å². The second-order valence-electron chi connectivity index (χ2n) is 3.33. The fraction of sp³-hybridized carbons (Fsp3) is 0.0909. The van der Waals surface area contributed by atoms with Crippen LogP contribution in [0.1, 0.15) is 16.1 Å². The zero-order chi connectivity index (χ0) is 11.7. The summed E-state index contributed by atoms with van der Waals surface area (Å²) in [6.07, 6.45) is 1.30. The van der Waals surface area contributed by atoms with Crippen LogP contribution in [0.15, 0.2) is 30.5 Å². The molecule has 0 saturated heterocycles. The molecule has 1 heterocycles. The Morgan fingerprint density at radius 2 is 2.12 bits per heavy atom. The Kier molecular flexibility index (Phi) is 2.44. The van der Waals surface area contributed by atoms with Gasteiger partial charge in [0.25, 0.3) is 0 Å². The average molecular weight is 220 g/mol. The lowest BCUT2D eigenvalue weighted by Gasteiger charge is -2.01. The molecule has 1 aromatic carbocycles. The van der Waals surface area contributed by atoms with Gasteiger partial charge in [-0.3, -0.25) is 0 Å². The number of carboxylic acid groups (broad SMARTS) is 1. The second-order valence-corrected chi connectivity index (χ2v) is 3.33. The summed E-state index contributed by atoms with van der Waals surface area (Å²) in [5.41, 5.74) is 0.664. The molecular weight excluding hydrogens is 211 g/mol. The third-order valence-electron chi connectivity index (χ3n) is 2.23. The van der Waals surface area contributed by atoms with Gasteiger partial charge in [-0.05, 0) is 19.1 Å². The predicted octanol–water partition coefficient (Wildman–Crippen LogP) is 2.02. The molecule has 1 aromatic heterocycles. The highest BCUT2D eigenvalue weighted by molar-refractivity contribution is 5.88. The number of aryl methyl sites for hydroxylation is 1. The molecule has 82 valence electrons. The number of para-hydroxylation sites is 1. The van der Waals surface area contributed by atoms with Crippen molar-refractivity contribution in [1.29, 1.82) is 0 Å². The van der Waals surface area contributed by atoms with Gasteiger partial charge in [-0.25, -0.2) is 13.9 Å². The van der Waals surface area contributed by atoms with Crippen molar-refractivity contribution in [2.45, 2.75) is 6.92 Å². The molecule has 2 aromatic rings. The fourth-order valence-electron chi connectivity index (χ4n) is 1.43. The number of nitrogens with zero attached hydrogens (tertiary/aromatic N) is 2. The predicted molar refractivity (Wildman–Crippen MR) is 55.2 cm³/mol. The van der Waals surface area contributed by atoms with Crippen LogP contribution >= 0.6 is 0 Å². The minimum Gasteiger partial charge on any atom is -0.478 e. The Balaban J connectivity index is 2.54. The van der Waals surface area contributed by atoms with Crippen molar-refractivity contribution in [3.8, 4) is 5.69 Å². The van der Waals surface area contributed by atoms with Crippen molar-refractivity contribution in [2.75, 3.05) is 0 Å². The molecule has 0 aliphatic heterocycles. The van der Waals surface area contributed by atoms with Gasteiger partial charge in [0.15, 0.2) is 0 Å². The van der Waals surface area contributed by atoms with Crippen LogP contribution in [0.5, 0.6) is 0 Å². The maximum atomic E-state index is 13.4. The van der Waals surface area contributed by atoms with Crippen LogP contribution in [0, 0.1) is 12.7 Å². The van der Waals surface area contributed by atoms with Crippen LogP contribution in [-0.4, -0.2) is 20.9 Å². The zero-order valence-electron chi connectivity index (χ0n) is 8.51. The number of carbonyl (C=O) groups is 1. The van der Waals surface area contributed by atoms with Gasteiger partial charge in [-0.1, -0.05) is 12.1 Å². The van der Waals surface area contributed by atoms with E-state index in [0.29, 0.717) is 5.69 Å². The standard InChI is InChI=1S/C11H9FN2O2/c1-7-8(11(15)16)6-14(13-7)10-5-3-2-4-9(10)12/h2-6H,1H3,(H,15,16). The minimum absolute atomic E-state index is 0.0725. The summed E-state index contributed by atoms with van der Waals surface area (Å²) in [5, 5.41) is 12.8. The van der Waals surface area contributed by atoms with E-state index in [-0.39, 0.29) is 11.3 Å². The molecule has 0 fully saturated rings. The molecule has 0 aliphatic carbocycles. The molecule has 0 amide bonds. The fourth-order valence-corrected chi connectivity index (χ4v) is 1.43. The minimum atomic E-state index is -1.07. The number of hydrogen-bond donors (Lipinski definition) is 1. The van der Waals surface area contributed by atoms with Crippen molar-refractivity contribution >= 4 is 5.97 Å². The first-order valence-corrected chi connectivity index (χ1v) is 4.64. The Labute approximate surface area is 90.9 Å². The van der Waals surface area contributed by atoms with Gasteiger partial charge >= 0.3 is 5.97 Å². The van der Waals surface area contributed by atoms with Crippen LogP contribution < -0.4 is 0 Å². The van der Waals surface area contributed by atoms with Crippen LogP contribution in [0.25, 0.3) is 5.69 Å². The summed E-state index contributed by atoms with van der Waals surface area (Å²) >= 11 is 0. The maximum absolute atomic E-state index is 13.4. The van der Waals surface area contributed by atoms with E-state index < -0.39 is 11.8 Å². The molecule has 0 atom stereocenters. The van der Waals surface area contributed by atoms with Gasteiger partial charge in [-0.15, -0.1) is 0 Å². The molecule has 1 N–H and O–H groups in total. The van der Waals surface area contributed by atoms with Gasteiger partial charge in [0.05, 0.1) is 5.69 Å². The molecule has 16 heavy (non-hydrogen) atoms. The number of carboxylic acids is 1. The van der Waals surface area contributed by atoms with E-state index in [1.165, 1.54) is 23.0 Å². The molecule has 4 nitrogen and oxygen atoms in total. The van der Waals surface area contributed by atoms with Gasteiger partial charge in [0.2, 0.25) is 0 Å². The molecule has 5 heteroatoms. The third kappa shape index (κ3) is 1.67. The van der Waals surface area contributed by atoms with Gasteiger partial charge < -0.3 is 5.11 Å². The second kappa shape index (κ2) is 3.77. The molecule has 0 saturated carbocycles. The largest absolute Gasteiger partial charge is 0.478 e. The Morgan fingerprint density at radius 1 is 1.44 bits per heavy atom. The van der Waals surface area contributed by atoms with Crippen LogP contribution in [-0.2, 0) is 0 Å². The normalized spacial score (nSPS) is 10.4.